The summed E-state index contributed by atoms with van der Waals surface area (Å²) >= 11 is 0. The molecule has 1 aromatic rings. The standard InChI is InChI=1S/C24H36N2O6S/c1-17-13-26(18(2)15-27)33(29,30)23-11-10-20(19-8-6-5-7-9-19)12-21(23)32-22(17)14-25(3)24(28)16-31-4/h8,10-12,17-18,22,27H,5-7,9,13-16H2,1-4H3/t17-,18+,22-/m0/s1. The van der Waals surface area contributed by atoms with Gasteiger partial charge in [-0.3, -0.25) is 4.79 Å². The van der Waals surface area contributed by atoms with Gasteiger partial charge in [-0.25, -0.2) is 8.42 Å². The number of aliphatic hydroxyl groups excluding tert-OH is 1. The van der Waals surface area contributed by atoms with Crippen LogP contribution in [0.3, 0.4) is 0 Å². The third-order valence-electron chi connectivity index (χ3n) is 6.48. The lowest BCUT2D eigenvalue weighted by Crippen LogP contribution is -2.50. The van der Waals surface area contributed by atoms with Gasteiger partial charge in [0, 0.05) is 32.7 Å². The highest BCUT2D eigenvalue weighted by molar-refractivity contribution is 7.89. The summed E-state index contributed by atoms with van der Waals surface area (Å²) in [4.78, 5) is 13.9. The molecule has 33 heavy (non-hydrogen) atoms. The van der Waals surface area contributed by atoms with E-state index in [0.717, 1.165) is 31.2 Å². The zero-order chi connectivity index (χ0) is 24.2. The van der Waals surface area contributed by atoms with Crippen molar-refractivity contribution in [2.75, 3.05) is 40.5 Å². The summed E-state index contributed by atoms with van der Waals surface area (Å²) in [6.45, 7) is 3.74. The average Bonchev–Trinajstić information content (AvgIpc) is 2.81. The van der Waals surface area contributed by atoms with Crippen LogP contribution < -0.4 is 4.74 Å². The highest BCUT2D eigenvalue weighted by Crippen LogP contribution is 2.37. The molecule has 1 heterocycles. The quantitative estimate of drug-likeness (QED) is 0.644. The Morgan fingerprint density at radius 1 is 1.36 bits per heavy atom. The van der Waals surface area contributed by atoms with Crippen molar-refractivity contribution in [2.45, 2.75) is 56.6 Å². The van der Waals surface area contributed by atoms with E-state index in [9.17, 15) is 18.3 Å². The smallest absolute Gasteiger partial charge is 0.248 e. The Bertz CT molecular complexity index is 977. The maximum Gasteiger partial charge on any atom is 0.248 e. The van der Waals surface area contributed by atoms with Gasteiger partial charge in [0.25, 0.3) is 0 Å². The SMILES string of the molecule is COCC(=O)N(C)C[C@@H]1Oc2cc(C3=CCCCC3)ccc2S(=O)(=O)N([C@H](C)CO)C[C@@H]1C. The maximum atomic E-state index is 13.6. The Hall–Kier alpha value is -1.94. The summed E-state index contributed by atoms with van der Waals surface area (Å²) in [5.41, 5.74) is 2.16. The first-order valence-electron chi connectivity index (χ1n) is 11.5. The fourth-order valence-corrected chi connectivity index (χ4v) is 6.17. The maximum absolute atomic E-state index is 13.6. The van der Waals surface area contributed by atoms with E-state index < -0.39 is 22.2 Å². The Labute approximate surface area is 197 Å². The minimum Gasteiger partial charge on any atom is -0.487 e. The van der Waals surface area contributed by atoms with E-state index in [-0.39, 0.29) is 43.0 Å². The molecule has 0 saturated carbocycles. The number of carbonyl (C=O) groups excluding carboxylic acids is 1. The van der Waals surface area contributed by atoms with Crippen LogP contribution in [0.15, 0.2) is 29.2 Å². The van der Waals surface area contributed by atoms with Gasteiger partial charge in [-0.15, -0.1) is 0 Å². The van der Waals surface area contributed by atoms with E-state index >= 15 is 0 Å². The fraction of sp³-hybridized carbons (Fsp3) is 0.625. The van der Waals surface area contributed by atoms with Gasteiger partial charge in [0.1, 0.15) is 23.4 Å². The summed E-state index contributed by atoms with van der Waals surface area (Å²) in [6.07, 6.45) is 6.01. The summed E-state index contributed by atoms with van der Waals surface area (Å²) in [7, 11) is -0.727. The van der Waals surface area contributed by atoms with E-state index in [2.05, 4.69) is 6.08 Å². The highest BCUT2D eigenvalue weighted by Gasteiger charge is 2.38. The van der Waals surface area contributed by atoms with Crippen LogP contribution in [0.2, 0.25) is 0 Å². The second-order valence-electron chi connectivity index (χ2n) is 9.08. The third-order valence-corrected chi connectivity index (χ3v) is 8.50. The number of nitrogens with zero attached hydrogens (tertiary/aromatic N) is 2. The molecule has 1 N–H and O–H groups in total. The first-order chi connectivity index (χ1) is 15.7. The van der Waals surface area contributed by atoms with Crippen molar-refractivity contribution in [3.63, 3.8) is 0 Å². The Morgan fingerprint density at radius 3 is 2.76 bits per heavy atom. The number of amides is 1. The zero-order valence-corrected chi connectivity index (χ0v) is 20.8. The summed E-state index contributed by atoms with van der Waals surface area (Å²) < 4.78 is 39.8. The van der Waals surface area contributed by atoms with Crippen molar-refractivity contribution >= 4 is 21.5 Å². The Kier molecular flexibility index (Phi) is 8.55. The number of hydrogen-bond donors (Lipinski definition) is 1. The normalized spacial score (nSPS) is 24.0. The predicted molar refractivity (Wildman–Crippen MR) is 126 cm³/mol. The number of fused-ring (bicyclic) bond motifs is 1. The molecule has 1 aromatic carbocycles. The van der Waals surface area contributed by atoms with Crippen LogP contribution in [0.4, 0.5) is 0 Å². The molecular weight excluding hydrogens is 444 g/mol. The van der Waals surface area contributed by atoms with Crippen LogP contribution in [0.5, 0.6) is 5.75 Å². The molecule has 0 radical (unpaired) electrons. The highest BCUT2D eigenvalue weighted by atomic mass is 32.2. The van der Waals surface area contributed by atoms with Crippen molar-refractivity contribution in [1.82, 2.24) is 9.21 Å². The van der Waals surface area contributed by atoms with Crippen LogP contribution in [-0.2, 0) is 19.6 Å². The number of hydrogen-bond acceptors (Lipinski definition) is 6. The minimum atomic E-state index is -3.88. The number of benzene rings is 1. The molecular formula is C24H36N2O6S. The second-order valence-corrected chi connectivity index (χ2v) is 10.9. The fourth-order valence-electron chi connectivity index (χ4n) is 4.35. The zero-order valence-electron chi connectivity index (χ0n) is 20.0. The minimum absolute atomic E-state index is 0.0332. The summed E-state index contributed by atoms with van der Waals surface area (Å²) in [5, 5.41) is 9.76. The van der Waals surface area contributed by atoms with Crippen molar-refractivity contribution in [1.29, 1.82) is 0 Å². The number of carbonyl (C=O) groups is 1. The van der Waals surface area contributed by atoms with Gasteiger partial charge >= 0.3 is 0 Å². The Morgan fingerprint density at radius 2 is 2.12 bits per heavy atom. The molecule has 184 valence electrons. The van der Waals surface area contributed by atoms with E-state index in [0.29, 0.717) is 5.75 Å². The molecule has 2 aliphatic rings. The molecule has 0 aromatic heterocycles. The van der Waals surface area contributed by atoms with Crippen LogP contribution in [-0.4, -0.2) is 81.2 Å². The monoisotopic (exact) mass is 480 g/mol. The van der Waals surface area contributed by atoms with Gasteiger partial charge in [-0.1, -0.05) is 19.1 Å². The van der Waals surface area contributed by atoms with Crippen molar-refractivity contribution in [3.8, 4) is 5.75 Å². The average molecular weight is 481 g/mol. The van der Waals surface area contributed by atoms with Crippen molar-refractivity contribution < 1.29 is 27.8 Å². The molecule has 0 unspecified atom stereocenters. The van der Waals surface area contributed by atoms with E-state index in [4.69, 9.17) is 9.47 Å². The third kappa shape index (κ3) is 5.77. The number of ether oxygens (including phenoxy) is 2. The van der Waals surface area contributed by atoms with E-state index in [1.807, 2.05) is 19.1 Å². The molecule has 0 spiro atoms. The molecule has 3 rings (SSSR count). The summed E-state index contributed by atoms with van der Waals surface area (Å²) in [6, 6.07) is 4.68. The molecule has 9 heteroatoms. The number of aliphatic hydroxyl groups is 1. The van der Waals surface area contributed by atoms with E-state index in [1.165, 1.54) is 17.0 Å². The van der Waals surface area contributed by atoms with Crippen LogP contribution in [0.1, 0.15) is 45.1 Å². The number of methoxy groups -OCH3 is 1. The van der Waals surface area contributed by atoms with Crippen molar-refractivity contribution in [3.05, 3.63) is 29.8 Å². The van der Waals surface area contributed by atoms with E-state index in [1.54, 1.807) is 24.9 Å². The topological polar surface area (TPSA) is 96.4 Å². The molecule has 0 saturated heterocycles. The molecule has 3 atom stereocenters. The molecule has 1 amide bonds. The predicted octanol–water partition coefficient (Wildman–Crippen LogP) is 2.52. The Balaban J connectivity index is 2.05. The number of allylic oxidation sites excluding steroid dienone is 2. The first-order valence-corrected chi connectivity index (χ1v) is 13.0. The molecule has 1 aliphatic carbocycles. The summed E-state index contributed by atoms with van der Waals surface area (Å²) in [5.74, 6) is -0.111. The van der Waals surface area contributed by atoms with Gasteiger partial charge < -0.3 is 19.5 Å². The lowest BCUT2D eigenvalue weighted by molar-refractivity contribution is -0.135. The molecule has 8 nitrogen and oxygen atoms in total. The lowest BCUT2D eigenvalue weighted by Gasteiger charge is -2.37. The van der Waals surface area contributed by atoms with Gasteiger partial charge in [0.15, 0.2) is 0 Å². The molecule has 0 fully saturated rings. The van der Waals surface area contributed by atoms with Gasteiger partial charge in [0.2, 0.25) is 15.9 Å². The molecule has 1 aliphatic heterocycles. The van der Waals surface area contributed by atoms with Gasteiger partial charge in [0.05, 0.1) is 13.2 Å². The number of rotatable bonds is 7. The van der Waals surface area contributed by atoms with Crippen molar-refractivity contribution in [2.24, 2.45) is 5.92 Å². The van der Waals surface area contributed by atoms with Gasteiger partial charge in [-0.2, -0.15) is 4.31 Å². The first kappa shape index (κ1) is 25.7. The molecule has 0 bridgehead atoms. The van der Waals surface area contributed by atoms with Crippen LogP contribution >= 0.6 is 0 Å². The van der Waals surface area contributed by atoms with Crippen LogP contribution in [0, 0.1) is 5.92 Å². The largest absolute Gasteiger partial charge is 0.487 e. The van der Waals surface area contributed by atoms with Crippen LogP contribution in [0.25, 0.3) is 5.57 Å². The van der Waals surface area contributed by atoms with Gasteiger partial charge in [-0.05, 0) is 55.9 Å². The number of sulfonamides is 1. The number of likely N-dealkylation sites (N-methyl/N-ethyl adjacent to an activating group) is 1. The lowest BCUT2D eigenvalue weighted by atomic mass is 9.93. The second kappa shape index (κ2) is 11.0.